The van der Waals surface area contributed by atoms with E-state index in [1.54, 1.807) is 12.1 Å². The van der Waals surface area contributed by atoms with Crippen LogP contribution in [0.1, 0.15) is 59.5 Å². The third kappa shape index (κ3) is 3.90. The first-order valence-electron chi connectivity index (χ1n) is 9.76. The van der Waals surface area contributed by atoms with Crippen molar-refractivity contribution in [3.8, 4) is 0 Å². The monoisotopic (exact) mass is 383 g/mol. The molecule has 5 nitrogen and oxygen atoms in total. The fourth-order valence-electron chi connectivity index (χ4n) is 3.92. The van der Waals surface area contributed by atoms with E-state index in [1.807, 2.05) is 23.1 Å². The third-order valence-corrected chi connectivity index (χ3v) is 6.65. The minimum absolute atomic E-state index is 0.152. The highest BCUT2D eigenvalue weighted by molar-refractivity contribution is 7.15. The fourth-order valence-corrected chi connectivity index (χ4v) is 4.98. The van der Waals surface area contributed by atoms with Crippen molar-refractivity contribution in [2.75, 3.05) is 18.4 Å². The van der Waals surface area contributed by atoms with Crippen LogP contribution in [-0.4, -0.2) is 34.8 Å². The first-order chi connectivity index (χ1) is 13.1. The Labute approximate surface area is 163 Å². The highest BCUT2D eigenvalue weighted by Crippen LogP contribution is 2.38. The Kier molecular flexibility index (Phi) is 5.25. The standard InChI is InChI=1S/C21H25N3O2S/c1-14-10-12-24(13-11-14)20(26)16-8-5-9-17-18(16)22-21(27-17)23-19(25)15-6-3-2-4-7-15/h2-4,6-7,14,16H,5,8-13H2,1H3,(H,22,23,25). The SMILES string of the molecule is CC1CCN(C(=O)C2CCCc3sc(NC(=O)c4ccccc4)nc32)CC1. The van der Waals surface area contributed by atoms with Gasteiger partial charge in [-0.1, -0.05) is 25.1 Å². The quantitative estimate of drug-likeness (QED) is 0.869. The molecule has 2 heterocycles. The van der Waals surface area contributed by atoms with Crippen molar-refractivity contribution < 1.29 is 9.59 Å². The van der Waals surface area contributed by atoms with Crippen molar-refractivity contribution in [1.82, 2.24) is 9.88 Å². The molecule has 0 saturated carbocycles. The van der Waals surface area contributed by atoms with E-state index in [-0.39, 0.29) is 17.7 Å². The van der Waals surface area contributed by atoms with Crippen molar-refractivity contribution in [2.45, 2.75) is 44.9 Å². The Morgan fingerprint density at radius 3 is 2.63 bits per heavy atom. The lowest BCUT2D eigenvalue weighted by Crippen LogP contribution is -2.41. The zero-order valence-electron chi connectivity index (χ0n) is 15.6. The van der Waals surface area contributed by atoms with Crippen molar-refractivity contribution in [1.29, 1.82) is 0 Å². The number of anilines is 1. The van der Waals surface area contributed by atoms with Gasteiger partial charge in [-0.15, -0.1) is 11.3 Å². The molecule has 2 aliphatic rings. The second-order valence-corrected chi connectivity index (χ2v) is 8.68. The minimum Gasteiger partial charge on any atom is -0.342 e. The second kappa shape index (κ2) is 7.80. The highest BCUT2D eigenvalue weighted by atomic mass is 32.1. The summed E-state index contributed by atoms with van der Waals surface area (Å²) in [4.78, 5) is 33.3. The number of fused-ring (bicyclic) bond motifs is 1. The lowest BCUT2D eigenvalue weighted by atomic mass is 9.88. The van der Waals surface area contributed by atoms with Crippen molar-refractivity contribution in [3.63, 3.8) is 0 Å². The van der Waals surface area contributed by atoms with Gasteiger partial charge in [-0.2, -0.15) is 0 Å². The van der Waals surface area contributed by atoms with Gasteiger partial charge >= 0.3 is 0 Å². The Hall–Kier alpha value is -2.21. The van der Waals surface area contributed by atoms with Crippen LogP contribution in [0.25, 0.3) is 0 Å². The number of hydrogen-bond donors (Lipinski definition) is 1. The molecule has 1 aliphatic carbocycles. The number of hydrogen-bond acceptors (Lipinski definition) is 4. The largest absolute Gasteiger partial charge is 0.342 e. The summed E-state index contributed by atoms with van der Waals surface area (Å²) in [6.07, 6.45) is 4.96. The number of likely N-dealkylation sites (tertiary alicyclic amines) is 1. The molecule has 1 saturated heterocycles. The molecule has 0 spiro atoms. The van der Waals surface area contributed by atoms with Crippen LogP contribution in [0.5, 0.6) is 0 Å². The van der Waals surface area contributed by atoms with E-state index >= 15 is 0 Å². The van der Waals surface area contributed by atoms with Crippen LogP contribution in [0.4, 0.5) is 5.13 Å². The number of thiazole rings is 1. The molecule has 4 rings (SSSR count). The molecule has 1 atom stereocenters. The average Bonchev–Trinajstić information content (AvgIpc) is 3.11. The van der Waals surface area contributed by atoms with Crippen LogP contribution in [0.3, 0.4) is 0 Å². The maximum absolute atomic E-state index is 13.1. The lowest BCUT2D eigenvalue weighted by Gasteiger charge is -2.33. The number of amides is 2. The van der Waals surface area contributed by atoms with Crippen LogP contribution >= 0.6 is 11.3 Å². The molecule has 1 aromatic heterocycles. The molecule has 1 aliphatic heterocycles. The van der Waals surface area contributed by atoms with E-state index < -0.39 is 0 Å². The van der Waals surface area contributed by atoms with Gasteiger partial charge in [0.25, 0.3) is 5.91 Å². The predicted molar refractivity (Wildman–Crippen MR) is 107 cm³/mol. The van der Waals surface area contributed by atoms with Gasteiger partial charge in [0.05, 0.1) is 11.6 Å². The van der Waals surface area contributed by atoms with Gasteiger partial charge in [0.15, 0.2) is 5.13 Å². The van der Waals surface area contributed by atoms with E-state index in [0.717, 1.165) is 55.8 Å². The Morgan fingerprint density at radius 1 is 1.15 bits per heavy atom. The first kappa shape index (κ1) is 18.2. The molecule has 2 aromatic rings. The number of piperidine rings is 1. The lowest BCUT2D eigenvalue weighted by molar-refractivity contribution is -0.134. The van der Waals surface area contributed by atoms with Crippen molar-refractivity contribution >= 4 is 28.3 Å². The van der Waals surface area contributed by atoms with Gasteiger partial charge in [0, 0.05) is 23.5 Å². The highest BCUT2D eigenvalue weighted by Gasteiger charge is 2.34. The molecule has 0 bridgehead atoms. The molecule has 2 amide bonds. The summed E-state index contributed by atoms with van der Waals surface area (Å²) in [5.74, 6) is 0.611. The van der Waals surface area contributed by atoms with Gasteiger partial charge < -0.3 is 4.90 Å². The number of nitrogens with one attached hydrogen (secondary N) is 1. The number of benzene rings is 1. The second-order valence-electron chi connectivity index (χ2n) is 7.60. The third-order valence-electron chi connectivity index (χ3n) is 5.60. The molecular formula is C21H25N3O2S. The van der Waals surface area contributed by atoms with Crippen LogP contribution < -0.4 is 5.32 Å². The van der Waals surface area contributed by atoms with Gasteiger partial charge in [-0.05, 0) is 50.2 Å². The molecular weight excluding hydrogens is 358 g/mol. The molecule has 27 heavy (non-hydrogen) atoms. The molecule has 6 heteroatoms. The van der Waals surface area contributed by atoms with E-state index in [4.69, 9.17) is 0 Å². The maximum atomic E-state index is 13.1. The topological polar surface area (TPSA) is 62.3 Å². The molecule has 1 N–H and O–H groups in total. The maximum Gasteiger partial charge on any atom is 0.257 e. The fraction of sp³-hybridized carbons (Fsp3) is 0.476. The Bertz CT molecular complexity index is 825. The number of rotatable bonds is 3. The van der Waals surface area contributed by atoms with Gasteiger partial charge in [0.2, 0.25) is 5.91 Å². The normalized spacial score (nSPS) is 20.2. The molecule has 0 radical (unpaired) electrons. The van der Waals surface area contributed by atoms with Crippen LogP contribution in [0.2, 0.25) is 0 Å². The van der Waals surface area contributed by atoms with Crippen LogP contribution in [-0.2, 0) is 11.2 Å². The predicted octanol–water partition coefficient (Wildman–Crippen LogP) is 4.07. The van der Waals surface area contributed by atoms with E-state index in [2.05, 4.69) is 17.2 Å². The molecule has 1 unspecified atom stereocenters. The summed E-state index contributed by atoms with van der Waals surface area (Å²) in [5.41, 5.74) is 1.50. The average molecular weight is 384 g/mol. The first-order valence-corrected chi connectivity index (χ1v) is 10.6. The van der Waals surface area contributed by atoms with Crippen molar-refractivity contribution in [2.24, 2.45) is 5.92 Å². The zero-order valence-corrected chi connectivity index (χ0v) is 16.4. The number of aryl methyl sites for hydroxylation is 1. The van der Waals surface area contributed by atoms with E-state index in [1.165, 1.54) is 11.3 Å². The summed E-state index contributed by atoms with van der Waals surface area (Å²) in [7, 11) is 0. The summed E-state index contributed by atoms with van der Waals surface area (Å²) in [5, 5.41) is 3.50. The molecule has 1 aromatic carbocycles. The number of carbonyl (C=O) groups is 2. The zero-order chi connectivity index (χ0) is 18.8. The van der Waals surface area contributed by atoms with Crippen LogP contribution in [0.15, 0.2) is 30.3 Å². The summed E-state index contributed by atoms with van der Waals surface area (Å²) < 4.78 is 0. The van der Waals surface area contributed by atoms with Crippen LogP contribution in [0, 0.1) is 5.92 Å². The molecule has 1 fully saturated rings. The number of nitrogens with zero attached hydrogens (tertiary/aromatic N) is 2. The summed E-state index contributed by atoms with van der Waals surface area (Å²) >= 11 is 1.51. The molecule has 142 valence electrons. The van der Waals surface area contributed by atoms with Crippen molar-refractivity contribution in [3.05, 3.63) is 46.5 Å². The number of aromatic nitrogens is 1. The smallest absolute Gasteiger partial charge is 0.257 e. The van der Waals surface area contributed by atoms with Gasteiger partial charge in [-0.25, -0.2) is 4.98 Å². The Morgan fingerprint density at radius 2 is 1.89 bits per heavy atom. The van der Waals surface area contributed by atoms with E-state index in [9.17, 15) is 9.59 Å². The Balaban J connectivity index is 1.50. The van der Waals surface area contributed by atoms with Gasteiger partial charge in [0.1, 0.15) is 0 Å². The minimum atomic E-state index is -0.158. The summed E-state index contributed by atoms with van der Waals surface area (Å²) in [6, 6.07) is 9.14. The number of carbonyl (C=O) groups excluding carboxylic acids is 2. The summed E-state index contributed by atoms with van der Waals surface area (Å²) in [6.45, 7) is 3.96. The van der Waals surface area contributed by atoms with Gasteiger partial charge in [-0.3, -0.25) is 14.9 Å². The van der Waals surface area contributed by atoms with E-state index in [0.29, 0.717) is 16.6 Å².